The molecule has 136 valence electrons. The summed E-state index contributed by atoms with van der Waals surface area (Å²) in [7, 11) is 1.62. The van der Waals surface area contributed by atoms with Gasteiger partial charge in [-0.25, -0.2) is 4.98 Å². The molecule has 1 heterocycles. The van der Waals surface area contributed by atoms with Gasteiger partial charge in [0, 0.05) is 0 Å². The van der Waals surface area contributed by atoms with Crippen LogP contribution in [0.4, 0.5) is 5.13 Å². The molecule has 0 aliphatic rings. The quantitative estimate of drug-likeness (QED) is 0.712. The number of aromatic nitrogens is 1. The van der Waals surface area contributed by atoms with E-state index in [0.717, 1.165) is 27.3 Å². The van der Waals surface area contributed by atoms with Crippen LogP contribution in [-0.4, -0.2) is 24.6 Å². The summed E-state index contributed by atoms with van der Waals surface area (Å²) >= 11 is 1.41. The van der Waals surface area contributed by atoms with E-state index in [9.17, 15) is 4.79 Å². The van der Waals surface area contributed by atoms with Crippen LogP contribution in [0.1, 0.15) is 26.3 Å². The number of carbonyl (C=O) groups is 1. The highest BCUT2D eigenvalue weighted by molar-refractivity contribution is 7.22. The number of benzene rings is 2. The molecule has 0 saturated carbocycles. The van der Waals surface area contributed by atoms with Crippen LogP contribution in [0.5, 0.6) is 11.5 Å². The van der Waals surface area contributed by atoms with E-state index in [1.54, 1.807) is 7.11 Å². The molecule has 0 aliphatic carbocycles. The minimum absolute atomic E-state index is 0.0564. The number of para-hydroxylation sites is 1. The Kier molecular flexibility index (Phi) is 5.13. The van der Waals surface area contributed by atoms with E-state index >= 15 is 0 Å². The molecule has 2 aromatic carbocycles. The maximum atomic E-state index is 12.3. The molecule has 0 radical (unpaired) electrons. The van der Waals surface area contributed by atoms with Crippen molar-refractivity contribution in [2.75, 3.05) is 19.0 Å². The van der Waals surface area contributed by atoms with Gasteiger partial charge < -0.3 is 9.47 Å². The maximum Gasteiger partial charge on any atom is 0.264 e. The number of methoxy groups -OCH3 is 1. The Bertz CT molecular complexity index is 928. The molecular formula is C20H22N2O3S. The number of anilines is 1. The lowest BCUT2D eigenvalue weighted by Gasteiger charge is -2.22. The van der Waals surface area contributed by atoms with Gasteiger partial charge in [-0.15, -0.1) is 0 Å². The molecule has 0 saturated heterocycles. The van der Waals surface area contributed by atoms with Crippen molar-refractivity contribution in [2.45, 2.75) is 26.2 Å². The first kappa shape index (κ1) is 18.2. The van der Waals surface area contributed by atoms with Crippen molar-refractivity contribution in [1.29, 1.82) is 0 Å². The number of hydrogen-bond donors (Lipinski definition) is 1. The van der Waals surface area contributed by atoms with Gasteiger partial charge in [0.1, 0.15) is 11.5 Å². The van der Waals surface area contributed by atoms with Crippen molar-refractivity contribution < 1.29 is 14.3 Å². The normalized spacial score (nSPS) is 11.4. The van der Waals surface area contributed by atoms with Crippen LogP contribution in [0, 0.1) is 0 Å². The highest BCUT2D eigenvalue weighted by Crippen LogP contribution is 2.31. The number of thiazole rings is 1. The summed E-state index contributed by atoms with van der Waals surface area (Å²) in [6, 6.07) is 13.4. The molecule has 26 heavy (non-hydrogen) atoms. The Morgan fingerprint density at radius 3 is 2.69 bits per heavy atom. The van der Waals surface area contributed by atoms with E-state index in [2.05, 4.69) is 31.1 Å². The predicted octanol–water partition coefficient (Wildman–Crippen LogP) is 4.62. The molecular weight excluding hydrogens is 348 g/mol. The third-order valence-electron chi connectivity index (χ3n) is 3.90. The van der Waals surface area contributed by atoms with E-state index in [1.165, 1.54) is 11.3 Å². The first-order valence-corrected chi connectivity index (χ1v) is 9.15. The van der Waals surface area contributed by atoms with Gasteiger partial charge in [-0.3, -0.25) is 10.1 Å². The Balaban J connectivity index is 1.67. The van der Waals surface area contributed by atoms with Gasteiger partial charge in [0.05, 0.1) is 17.3 Å². The first-order chi connectivity index (χ1) is 12.4. The van der Waals surface area contributed by atoms with Crippen molar-refractivity contribution in [3.05, 3.63) is 48.0 Å². The van der Waals surface area contributed by atoms with E-state index < -0.39 is 0 Å². The van der Waals surface area contributed by atoms with Crippen LogP contribution in [0.2, 0.25) is 0 Å². The van der Waals surface area contributed by atoms with E-state index in [-0.39, 0.29) is 17.9 Å². The molecule has 1 N–H and O–H groups in total. The molecule has 0 spiro atoms. The van der Waals surface area contributed by atoms with E-state index in [4.69, 9.17) is 9.47 Å². The standard InChI is InChI=1S/C20H22N2O3S/c1-20(2,3)14-7-5-6-8-16(14)25-12-18(23)22-19-21-15-10-9-13(24-4)11-17(15)26-19/h5-11H,12H2,1-4H3,(H,21,22,23). The van der Waals surface area contributed by atoms with Crippen LogP contribution in [0.15, 0.2) is 42.5 Å². The summed E-state index contributed by atoms with van der Waals surface area (Å²) in [6.07, 6.45) is 0. The van der Waals surface area contributed by atoms with Gasteiger partial charge in [-0.05, 0) is 35.2 Å². The lowest BCUT2D eigenvalue weighted by Crippen LogP contribution is -2.21. The van der Waals surface area contributed by atoms with E-state index in [0.29, 0.717) is 5.13 Å². The maximum absolute atomic E-state index is 12.3. The smallest absolute Gasteiger partial charge is 0.264 e. The molecule has 0 unspecified atom stereocenters. The SMILES string of the molecule is COc1ccc2nc(NC(=O)COc3ccccc3C(C)(C)C)sc2c1. The Hall–Kier alpha value is -2.60. The average molecular weight is 370 g/mol. The van der Waals surface area contributed by atoms with Crippen molar-refractivity contribution in [2.24, 2.45) is 0 Å². The zero-order valence-corrected chi connectivity index (χ0v) is 16.1. The molecule has 0 fully saturated rings. The molecule has 3 aromatic rings. The fourth-order valence-corrected chi connectivity index (χ4v) is 3.51. The largest absolute Gasteiger partial charge is 0.497 e. The van der Waals surface area contributed by atoms with Gasteiger partial charge in [-0.1, -0.05) is 50.3 Å². The zero-order valence-electron chi connectivity index (χ0n) is 15.3. The Morgan fingerprint density at radius 2 is 1.96 bits per heavy atom. The second-order valence-corrected chi connectivity index (χ2v) is 7.97. The fourth-order valence-electron chi connectivity index (χ4n) is 2.60. The number of ether oxygens (including phenoxy) is 2. The topological polar surface area (TPSA) is 60.5 Å². The number of nitrogens with zero attached hydrogens (tertiary/aromatic N) is 1. The van der Waals surface area contributed by atoms with Crippen LogP contribution in [0.3, 0.4) is 0 Å². The summed E-state index contributed by atoms with van der Waals surface area (Å²) in [5.41, 5.74) is 1.84. The van der Waals surface area contributed by atoms with Crippen molar-refractivity contribution in [1.82, 2.24) is 4.98 Å². The molecule has 0 aliphatic heterocycles. The monoisotopic (exact) mass is 370 g/mol. The van der Waals surface area contributed by atoms with Gasteiger partial charge >= 0.3 is 0 Å². The number of nitrogens with one attached hydrogen (secondary N) is 1. The van der Waals surface area contributed by atoms with Gasteiger partial charge in [-0.2, -0.15) is 0 Å². The fraction of sp³-hybridized carbons (Fsp3) is 0.300. The molecule has 6 heteroatoms. The first-order valence-electron chi connectivity index (χ1n) is 8.33. The van der Waals surface area contributed by atoms with E-state index in [1.807, 2.05) is 42.5 Å². The highest BCUT2D eigenvalue weighted by Gasteiger charge is 2.19. The van der Waals surface area contributed by atoms with Gasteiger partial charge in [0.25, 0.3) is 5.91 Å². The predicted molar refractivity (Wildman–Crippen MR) is 105 cm³/mol. The van der Waals surface area contributed by atoms with Crippen LogP contribution >= 0.6 is 11.3 Å². The summed E-state index contributed by atoms with van der Waals surface area (Å²) < 4.78 is 11.9. The number of amides is 1. The van der Waals surface area contributed by atoms with Crippen molar-refractivity contribution in [3.8, 4) is 11.5 Å². The summed E-state index contributed by atoms with van der Waals surface area (Å²) in [5, 5.41) is 3.35. The lowest BCUT2D eigenvalue weighted by atomic mass is 9.86. The van der Waals surface area contributed by atoms with Crippen molar-refractivity contribution in [3.63, 3.8) is 0 Å². The molecule has 1 amide bonds. The minimum atomic E-state index is -0.236. The van der Waals surface area contributed by atoms with Crippen LogP contribution in [0.25, 0.3) is 10.2 Å². The van der Waals surface area contributed by atoms with Gasteiger partial charge in [0.2, 0.25) is 0 Å². The summed E-state index contributed by atoms with van der Waals surface area (Å²) in [6.45, 7) is 6.28. The number of carbonyl (C=O) groups excluding carboxylic acids is 1. The molecule has 0 bridgehead atoms. The molecule has 5 nitrogen and oxygen atoms in total. The second-order valence-electron chi connectivity index (χ2n) is 6.94. The number of fused-ring (bicyclic) bond motifs is 1. The van der Waals surface area contributed by atoms with Crippen LogP contribution in [-0.2, 0) is 10.2 Å². The number of hydrogen-bond acceptors (Lipinski definition) is 5. The average Bonchev–Trinajstić information content (AvgIpc) is 3.00. The summed E-state index contributed by atoms with van der Waals surface area (Å²) in [4.78, 5) is 16.7. The third kappa shape index (κ3) is 4.14. The highest BCUT2D eigenvalue weighted by atomic mass is 32.1. The molecule has 3 rings (SSSR count). The van der Waals surface area contributed by atoms with Crippen molar-refractivity contribution >= 4 is 32.6 Å². The Labute approximate surface area is 157 Å². The zero-order chi connectivity index (χ0) is 18.7. The van der Waals surface area contributed by atoms with Gasteiger partial charge in [0.15, 0.2) is 11.7 Å². The summed E-state index contributed by atoms with van der Waals surface area (Å²) in [5.74, 6) is 1.25. The minimum Gasteiger partial charge on any atom is -0.497 e. The molecule has 1 aromatic heterocycles. The Morgan fingerprint density at radius 1 is 1.19 bits per heavy atom. The van der Waals surface area contributed by atoms with Crippen LogP contribution < -0.4 is 14.8 Å². The number of rotatable bonds is 5. The lowest BCUT2D eigenvalue weighted by molar-refractivity contribution is -0.118. The second kappa shape index (κ2) is 7.33. The third-order valence-corrected chi connectivity index (χ3v) is 4.83. The molecule has 0 atom stereocenters.